The van der Waals surface area contributed by atoms with E-state index in [9.17, 15) is 0 Å². The summed E-state index contributed by atoms with van der Waals surface area (Å²) < 4.78 is 11.4. The standard InChI is InChI=1S/C14H24N2O2/c1-3-11-10-17-8-7-16(11)13(9-15)14-6-5-12(4-2)18-14/h5-6,11,13H,3-4,7-10,15H2,1-2H3. The molecule has 18 heavy (non-hydrogen) atoms. The normalized spacial score (nSPS) is 23.2. The maximum atomic E-state index is 5.96. The zero-order valence-electron chi connectivity index (χ0n) is 11.4. The average Bonchev–Trinajstić information content (AvgIpc) is 2.89. The molecule has 2 rings (SSSR count). The number of rotatable bonds is 5. The predicted octanol–water partition coefficient (Wildman–Crippen LogP) is 1.95. The van der Waals surface area contributed by atoms with Crippen molar-refractivity contribution in [3.8, 4) is 0 Å². The summed E-state index contributed by atoms with van der Waals surface area (Å²) in [6.07, 6.45) is 2.01. The van der Waals surface area contributed by atoms with Gasteiger partial charge in [-0.15, -0.1) is 0 Å². The lowest BCUT2D eigenvalue weighted by molar-refractivity contribution is -0.0330. The molecule has 4 nitrogen and oxygen atoms in total. The zero-order valence-corrected chi connectivity index (χ0v) is 11.4. The molecule has 2 unspecified atom stereocenters. The fraction of sp³-hybridized carbons (Fsp3) is 0.714. The summed E-state index contributed by atoms with van der Waals surface area (Å²) in [4.78, 5) is 2.43. The third kappa shape index (κ3) is 2.76. The van der Waals surface area contributed by atoms with Crippen LogP contribution < -0.4 is 5.73 Å². The molecule has 1 aliphatic rings. The smallest absolute Gasteiger partial charge is 0.122 e. The van der Waals surface area contributed by atoms with Crippen molar-refractivity contribution in [3.05, 3.63) is 23.7 Å². The molecule has 1 saturated heterocycles. The van der Waals surface area contributed by atoms with Crippen LogP contribution >= 0.6 is 0 Å². The Morgan fingerprint density at radius 1 is 1.44 bits per heavy atom. The van der Waals surface area contributed by atoms with Crippen LogP contribution in [0.15, 0.2) is 16.5 Å². The van der Waals surface area contributed by atoms with Gasteiger partial charge in [0.05, 0.1) is 19.3 Å². The fourth-order valence-electron chi connectivity index (χ4n) is 2.61. The molecule has 0 aliphatic carbocycles. The summed E-state index contributed by atoms with van der Waals surface area (Å²) >= 11 is 0. The quantitative estimate of drug-likeness (QED) is 0.870. The van der Waals surface area contributed by atoms with Crippen molar-refractivity contribution >= 4 is 0 Å². The first-order valence-electron chi connectivity index (χ1n) is 6.92. The first-order valence-corrected chi connectivity index (χ1v) is 6.92. The van der Waals surface area contributed by atoms with Crippen molar-refractivity contribution in [3.63, 3.8) is 0 Å². The molecule has 0 amide bonds. The highest BCUT2D eigenvalue weighted by molar-refractivity contribution is 5.12. The van der Waals surface area contributed by atoms with E-state index in [1.165, 1.54) is 0 Å². The molecule has 0 aromatic carbocycles. The highest BCUT2D eigenvalue weighted by Gasteiger charge is 2.30. The number of furan rings is 1. The lowest BCUT2D eigenvalue weighted by Crippen LogP contribution is -2.48. The summed E-state index contributed by atoms with van der Waals surface area (Å²) in [5, 5.41) is 0. The van der Waals surface area contributed by atoms with Crippen molar-refractivity contribution in [2.45, 2.75) is 38.8 Å². The highest BCUT2D eigenvalue weighted by atomic mass is 16.5. The molecule has 2 heterocycles. The monoisotopic (exact) mass is 252 g/mol. The summed E-state index contributed by atoms with van der Waals surface area (Å²) in [6, 6.07) is 4.75. The van der Waals surface area contributed by atoms with Gasteiger partial charge in [0.25, 0.3) is 0 Å². The molecule has 1 aromatic rings. The van der Waals surface area contributed by atoms with Crippen LogP contribution in [0.25, 0.3) is 0 Å². The van der Waals surface area contributed by atoms with Crippen LogP contribution in [-0.2, 0) is 11.2 Å². The second-order valence-electron chi connectivity index (χ2n) is 4.78. The van der Waals surface area contributed by atoms with Crippen LogP contribution in [-0.4, -0.2) is 37.2 Å². The molecule has 0 bridgehead atoms. The third-order valence-corrected chi connectivity index (χ3v) is 3.73. The van der Waals surface area contributed by atoms with Crippen LogP contribution in [0, 0.1) is 0 Å². The second-order valence-corrected chi connectivity index (χ2v) is 4.78. The SMILES string of the molecule is CCc1ccc(C(CN)N2CCOCC2CC)o1. The number of nitrogens with two attached hydrogens (primary N) is 1. The summed E-state index contributed by atoms with van der Waals surface area (Å²) in [7, 11) is 0. The predicted molar refractivity (Wildman–Crippen MR) is 71.5 cm³/mol. The number of aryl methyl sites for hydroxylation is 1. The van der Waals surface area contributed by atoms with Crippen LogP contribution in [0.4, 0.5) is 0 Å². The number of nitrogens with zero attached hydrogens (tertiary/aromatic N) is 1. The first kappa shape index (κ1) is 13.6. The van der Waals surface area contributed by atoms with Gasteiger partial charge in [0.1, 0.15) is 11.5 Å². The van der Waals surface area contributed by atoms with Gasteiger partial charge in [-0.3, -0.25) is 4.90 Å². The third-order valence-electron chi connectivity index (χ3n) is 3.73. The minimum absolute atomic E-state index is 0.180. The van der Waals surface area contributed by atoms with Crippen LogP contribution in [0.5, 0.6) is 0 Å². The van der Waals surface area contributed by atoms with Gasteiger partial charge in [0, 0.05) is 25.6 Å². The molecular formula is C14H24N2O2. The van der Waals surface area contributed by atoms with Gasteiger partial charge in [-0.25, -0.2) is 0 Å². The number of hydrogen-bond donors (Lipinski definition) is 1. The Morgan fingerprint density at radius 2 is 2.28 bits per heavy atom. The molecule has 1 aromatic heterocycles. The van der Waals surface area contributed by atoms with E-state index in [2.05, 4.69) is 30.9 Å². The molecular weight excluding hydrogens is 228 g/mol. The zero-order chi connectivity index (χ0) is 13.0. The molecule has 0 radical (unpaired) electrons. The Bertz CT molecular complexity index is 364. The molecule has 4 heteroatoms. The first-order chi connectivity index (χ1) is 8.80. The summed E-state index contributed by atoms with van der Waals surface area (Å²) in [6.45, 7) is 7.40. The minimum Gasteiger partial charge on any atom is -0.464 e. The lowest BCUT2D eigenvalue weighted by atomic mass is 10.1. The van der Waals surface area contributed by atoms with E-state index in [0.717, 1.165) is 44.1 Å². The number of ether oxygens (including phenoxy) is 1. The van der Waals surface area contributed by atoms with E-state index in [4.69, 9.17) is 14.9 Å². The van der Waals surface area contributed by atoms with Gasteiger partial charge in [-0.2, -0.15) is 0 Å². The molecule has 2 N–H and O–H groups in total. The molecule has 2 atom stereocenters. The minimum atomic E-state index is 0.180. The Hall–Kier alpha value is -0.840. The van der Waals surface area contributed by atoms with E-state index in [-0.39, 0.29) is 6.04 Å². The van der Waals surface area contributed by atoms with Crippen molar-refractivity contribution in [1.82, 2.24) is 4.90 Å². The van der Waals surface area contributed by atoms with Crippen molar-refractivity contribution in [1.29, 1.82) is 0 Å². The Morgan fingerprint density at radius 3 is 2.89 bits per heavy atom. The van der Waals surface area contributed by atoms with E-state index < -0.39 is 0 Å². The number of morpholine rings is 1. The van der Waals surface area contributed by atoms with Crippen LogP contribution in [0.1, 0.15) is 37.8 Å². The van der Waals surface area contributed by atoms with E-state index in [1.807, 2.05) is 0 Å². The lowest BCUT2D eigenvalue weighted by Gasteiger charge is -2.39. The van der Waals surface area contributed by atoms with Crippen molar-refractivity contribution in [2.24, 2.45) is 5.73 Å². The largest absolute Gasteiger partial charge is 0.464 e. The van der Waals surface area contributed by atoms with Crippen molar-refractivity contribution < 1.29 is 9.15 Å². The summed E-state index contributed by atoms with van der Waals surface area (Å²) in [5.41, 5.74) is 5.96. The topological polar surface area (TPSA) is 51.6 Å². The average molecular weight is 252 g/mol. The van der Waals surface area contributed by atoms with E-state index in [1.54, 1.807) is 0 Å². The van der Waals surface area contributed by atoms with Gasteiger partial charge in [-0.1, -0.05) is 13.8 Å². The molecule has 1 aliphatic heterocycles. The van der Waals surface area contributed by atoms with Crippen LogP contribution in [0.2, 0.25) is 0 Å². The van der Waals surface area contributed by atoms with E-state index in [0.29, 0.717) is 12.6 Å². The van der Waals surface area contributed by atoms with Gasteiger partial charge in [0.2, 0.25) is 0 Å². The molecule has 1 fully saturated rings. The maximum absolute atomic E-state index is 5.96. The highest BCUT2D eigenvalue weighted by Crippen LogP contribution is 2.26. The van der Waals surface area contributed by atoms with E-state index >= 15 is 0 Å². The van der Waals surface area contributed by atoms with Crippen LogP contribution in [0.3, 0.4) is 0 Å². The summed E-state index contributed by atoms with van der Waals surface area (Å²) in [5.74, 6) is 2.03. The fourth-order valence-corrected chi connectivity index (χ4v) is 2.61. The molecule has 0 spiro atoms. The van der Waals surface area contributed by atoms with Gasteiger partial charge in [-0.05, 0) is 18.6 Å². The Balaban J connectivity index is 2.15. The maximum Gasteiger partial charge on any atom is 0.122 e. The Labute approximate surface area is 109 Å². The number of hydrogen-bond acceptors (Lipinski definition) is 4. The molecule has 102 valence electrons. The van der Waals surface area contributed by atoms with Gasteiger partial charge < -0.3 is 14.9 Å². The molecule has 0 saturated carbocycles. The van der Waals surface area contributed by atoms with Gasteiger partial charge in [0.15, 0.2) is 0 Å². The van der Waals surface area contributed by atoms with Crippen molar-refractivity contribution in [2.75, 3.05) is 26.3 Å². The van der Waals surface area contributed by atoms with Gasteiger partial charge >= 0.3 is 0 Å². The second kappa shape index (κ2) is 6.36. The Kier molecular flexibility index (Phi) is 4.80.